The zero-order valence-corrected chi connectivity index (χ0v) is 15.9. The van der Waals surface area contributed by atoms with Crippen LogP contribution in [-0.2, 0) is 17.8 Å². The molecule has 0 radical (unpaired) electrons. The molecule has 7 nitrogen and oxygen atoms in total. The molecule has 7 heteroatoms. The van der Waals surface area contributed by atoms with Crippen molar-refractivity contribution in [2.24, 2.45) is 4.99 Å². The summed E-state index contributed by atoms with van der Waals surface area (Å²) in [6.07, 6.45) is 5.53. The van der Waals surface area contributed by atoms with Gasteiger partial charge in [0.15, 0.2) is 5.96 Å². The van der Waals surface area contributed by atoms with Crippen molar-refractivity contribution < 1.29 is 9.47 Å². The van der Waals surface area contributed by atoms with Gasteiger partial charge in [0.1, 0.15) is 12.4 Å². The van der Waals surface area contributed by atoms with E-state index in [1.807, 2.05) is 23.2 Å². The molecule has 0 aliphatic rings. The lowest BCUT2D eigenvalue weighted by atomic mass is 10.1. The summed E-state index contributed by atoms with van der Waals surface area (Å²) in [5, 5.41) is 6.61. The molecule has 2 N–H and O–H groups in total. The highest BCUT2D eigenvalue weighted by Crippen LogP contribution is 2.21. The van der Waals surface area contributed by atoms with Crippen molar-refractivity contribution in [2.45, 2.75) is 26.9 Å². The Labute approximate surface area is 155 Å². The highest BCUT2D eigenvalue weighted by atomic mass is 16.5. The third-order valence-electron chi connectivity index (χ3n) is 3.74. The van der Waals surface area contributed by atoms with Gasteiger partial charge >= 0.3 is 0 Å². The fraction of sp³-hybridized carbons (Fsp3) is 0.474. The zero-order chi connectivity index (χ0) is 18.6. The molecular weight excluding hydrogens is 330 g/mol. The summed E-state index contributed by atoms with van der Waals surface area (Å²) in [6.45, 7) is 8.16. The van der Waals surface area contributed by atoms with E-state index >= 15 is 0 Å². The molecule has 1 aromatic carbocycles. The molecule has 1 heterocycles. The van der Waals surface area contributed by atoms with Crippen molar-refractivity contribution in [2.75, 3.05) is 33.4 Å². The van der Waals surface area contributed by atoms with E-state index in [4.69, 9.17) is 9.47 Å². The quantitative estimate of drug-likeness (QED) is 0.385. The molecule has 142 valence electrons. The average molecular weight is 359 g/mol. The van der Waals surface area contributed by atoms with Gasteiger partial charge in [0.05, 0.1) is 19.5 Å². The smallest absolute Gasteiger partial charge is 0.191 e. The molecule has 1 aromatic heterocycles. The maximum atomic E-state index is 5.84. The van der Waals surface area contributed by atoms with Crippen LogP contribution in [0.1, 0.15) is 18.1 Å². The Kier molecular flexibility index (Phi) is 8.48. The first-order valence-electron chi connectivity index (χ1n) is 8.92. The molecule has 2 aromatic rings. The lowest BCUT2D eigenvalue weighted by Crippen LogP contribution is -2.38. The summed E-state index contributed by atoms with van der Waals surface area (Å²) in [5.74, 6) is 1.65. The third-order valence-corrected chi connectivity index (χ3v) is 3.74. The fourth-order valence-electron chi connectivity index (χ4n) is 2.39. The Bertz CT molecular complexity index is 671. The minimum atomic E-state index is 0.528. The van der Waals surface area contributed by atoms with Crippen molar-refractivity contribution in [1.82, 2.24) is 20.2 Å². The number of aliphatic imine (C=N–C) groups is 1. The summed E-state index contributed by atoms with van der Waals surface area (Å²) in [6, 6.07) is 6.18. The van der Waals surface area contributed by atoms with Crippen LogP contribution in [0.3, 0.4) is 0 Å². The molecule has 0 spiro atoms. The number of nitrogens with one attached hydrogen (secondary N) is 2. The molecule has 2 rings (SSSR count). The van der Waals surface area contributed by atoms with E-state index in [2.05, 4.69) is 46.6 Å². The number of ether oxygens (including phenoxy) is 2. The maximum Gasteiger partial charge on any atom is 0.191 e. The predicted octanol–water partition coefficient (Wildman–Crippen LogP) is 1.97. The predicted molar refractivity (Wildman–Crippen MR) is 104 cm³/mol. The molecule has 0 saturated carbocycles. The number of aromatic nitrogens is 2. The topological polar surface area (TPSA) is 72.7 Å². The van der Waals surface area contributed by atoms with Gasteiger partial charge in [-0.25, -0.2) is 9.98 Å². The van der Waals surface area contributed by atoms with Gasteiger partial charge in [-0.1, -0.05) is 12.1 Å². The van der Waals surface area contributed by atoms with Gasteiger partial charge in [0.2, 0.25) is 0 Å². The van der Waals surface area contributed by atoms with Gasteiger partial charge in [-0.15, -0.1) is 0 Å². The van der Waals surface area contributed by atoms with E-state index in [-0.39, 0.29) is 0 Å². The fourth-order valence-corrected chi connectivity index (χ4v) is 2.39. The van der Waals surface area contributed by atoms with Crippen LogP contribution in [0.5, 0.6) is 5.75 Å². The largest absolute Gasteiger partial charge is 0.491 e. The molecule has 0 fully saturated rings. The van der Waals surface area contributed by atoms with E-state index in [0.29, 0.717) is 19.8 Å². The minimum Gasteiger partial charge on any atom is -0.491 e. The molecule has 0 atom stereocenters. The molecule has 0 bridgehead atoms. The van der Waals surface area contributed by atoms with Crippen LogP contribution >= 0.6 is 0 Å². The van der Waals surface area contributed by atoms with Gasteiger partial charge in [-0.3, -0.25) is 0 Å². The van der Waals surface area contributed by atoms with Crippen LogP contribution in [-0.4, -0.2) is 48.9 Å². The minimum absolute atomic E-state index is 0.528. The average Bonchev–Trinajstić information content (AvgIpc) is 3.14. The molecule has 0 amide bonds. The first-order valence-corrected chi connectivity index (χ1v) is 8.92. The molecule has 0 aliphatic carbocycles. The van der Waals surface area contributed by atoms with E-state index in [0.717, 1.165) is 42.5 Å². The number of hydrogen-bond donors (Lipinski definition) is 2. The summed E-state index contributed by atoms with van der Waals surface area (Å²) in [7, 11) is 1.67. The second-order valence-corrected chi connectivity index (χ2v) is 5.87. The van der Waals surface area contributed by atoms with Crippen molar-refractivity contribution in [3.05, 3.63) is 48.0 Å². The molecule has 0 saturated heterocycles. The first kappa shape index (κ1) is 19.8. The van der Waals surface area contributed by atoms with Crippen LogP contribution < -0.4 is 15.4 Å². The summed E-state index contributed by atoms with van der Waals surface area (Å²) < 4.78 is 12.9. The number of imidazole rings is 1. The van der Waals surface area contributed by atoms with E-state index in [9.17, 15) is 0 Å². The molecule has 0 aliphatic heterocycles. The van der Waals surface area contributed by atoms with Crippen molar-refractivity contribution in [3.8, 4) is 5.75 Å². The van der Waals surface area contributed by atoms with Crippen molar-refractivity contribution in [1.29, 1.82) is 0 Å². The number of benzene rings is 1. The Hall–Kier alpha value is -2.54. The SMILES string of the molecule is CCNC(=NCc1ccc(C)cc1OCCOC)NCCn1ccnc1. The second kappa shape index (κ2) is 11.1. The van der Waals surface area contributed by atoms with Crippen LogP contribution in [0, 0.1) is 6.92 Å². The Balaban J connectivity index is 1.96. The lowest BCUT2D eigenvalue weighted by molar-refractivity contribution is 0.145. The van der Waals surface area contributed by atoms with Crippen LogP contribution in [0.15, 0.2) is 41.9 Å². The normalized spacial score (nSPS) is 11.4. The van der Waals surface area contributed by atoms with Gasteiger partial charge in [-0.2, -0.15) is 0 Å². The number of nitrogens with zero attached hydrogens (tertiary/aromatic N) is 3. The van der Waals surface area contributed by atoms with Gasteiger partial charge in [-0.05, 0) is 25.5 Å². The number of aryl methyl sites for hydroxylation is 1. The Morgan fingerprint density at radius 3 is 2.88 bits per heavy atom. The van der Waals surface area contributed by atoms with Gasteiger partial charge in [0, 0.05) is 44.7 Å². The maximum absolute atomic E-state index is 5.84. The lowest BCUT2D eigenvalue weighted by Gasteiger charge is -2.13. The van der Waals surface area contributed by atoms with Crippen LogP contribution in [0.2, 0.25) is 0 Å². The molecular formula is C19H29N5O2. The number of rotatable bonds is 10. The Morgan fingerprint density at radius 1 is 1.27 bits per heavy atom. The molecule has 26 heavy (non-hydrogen) atoms. The highest BCUT2D eigenvalue weighted by Gasteiger charge is 2.05. The summed E-state index contributed by atoms with van der Waals surface area (Å²) in [5.41, 5.74) is 2.22. The highest BCUT2D eigenvalue weighted by molar-refractivity contribution is 5.79. The second-order valence-electron chi connectivity index (χ2n) is 5.87. The molecule has 0 unspecified atom stereocenters. The van der Waals surface area contributed by atoms with Gasteiger partial charge in [0.25, 0.3) is 0 Å². The monoisotopic (exact) mass is 359 g/mol. The standard InChI is InChI=1S/C19H29N5O2/c1-4-21-19(22-8-10-24-9-7-20-15-24)23-14-17-6-5-16(2)13-18(17)26-12-11-25-3/h5-7,9,13,15H,4,8,10-12,14H2,1-3H3,(H2,21,22,23). The van der Waals surface area contributed by atoms with Crippen LogP contribution in [0.4, 0.5) is 0 Å². The van der Waals surface area contributed by atoms with Crippen LogP contribution in [0.25, 0.3) is 0 Å². The number of hydrogen-bond acceptors (Lipinski definition) is 4. The van der Waals surface area contributed by atoms with Crippen molar-refractivity contribution in [3.63, 3.8) is 0 Å². The first-order chi connectivity index (χ1) is 12.7. The van der Waals surface area contributed by atoms with E-state index < -0.39 is 0 Å². The zero-order valence-electron chi connectivity index (χ0n) is 15.9. The van der Waals surface area contributed by atoms with Crippen molar-refractivity contribution >= 4 is 5.96 Å². The summed E-state index contributed by atoms with van der Waals surface area (Å²) >= 11 is 0. The third kappa shape index (κ3) is 6.76. The number of guanidine groups is 1. The van der Waals surface area contributed by atoms with E-state index in [1.165, 1.54) is 0 Å². The van der Waals surface area contributed by atoms with E-state index in [1.54, 1.807) is 13.3 Å². The van der Waals surface area contributed by atoms with Gasteiger partial charge < -0.3 is 24.7 Å². The number of methoxy groups -OCH3 is 1. The Morgan fingerprint density at radius 2 is 2.15 bits per heavy atom. The summed E-state index contributed by atoms with van der Waals surface area (Å²) in [4.78, 5) is 8.73.